The van der Waals surface area contributed by atoms with E-state index in [9.17, 15) is 14.9 Å². The molecule has 1 heterocycles. The van der Waals surface area contributed by atoms with E-state index < -0.39 is 4.92 Å². The first kappa shape index (κ1) is 9.79. The van der Waals surface area contributed by atoms with Crippen LogP contribution in [0.1, 0.15) is 16.1 Å². The van der Waals surface area contributed by atoms with Gasteiger partial charge in [-0.1, -0.05) is 0 Å². The number of nitrogens with zero attached hydrogens (tertiary/aromatic N) is 2. The second kappa shape index (κ2) is 3.61. The van der Waals surface area contributed by atoms with E-state index in [1.165, 1.54) is 6.20 Å². The first-order valence-corrected chi connectivity index (χ1v) is 4.12. The molecule has 0 amide bonds. The van der Waals surface area contributed by atoms with Crippen LogP contribution in [-0.2, 0) is 0 Å². The normalized spacial score (nSPS) is 9.69. The first-order chi connectivity index (χ1) is 6.07. The highest BCUT2D eigenvalue weighted by molar-refractivity contribution is 9.10. The smallest absolute Gasteiger partial charge is 0.296 e. The molecule has 0 fully saturated rings. The van der Waals surface area contributed by atoms with Crippen molar-refractivity contribution in [2.45, 2.75) is 6.92 Å². The van der Waals surface area contributed by atoms with E-state index in [2.05, 4.69) is 20.9 Å². The van der Waals surface area contributed by atoms with Crippen LogP contribution in [0.3, 0.4) is 0 Å². The van der Waals surface area contributed by atoms with Gasteiger partial charge in [-0.2, -0.15) is 0 Å². The number of carbonyl (C=O) groups is 1. The monoisotopic (exact) mass is 244 g/mol. The number of rotatable bonds is 2. The molecular formula is C7H5BrN2O3. The van der Waals surface area contributed by atoms with Crippen LogP contribution in [0.4, 0.5) is 5.69 Å². The summed E-state index contributed by atoms with van der Waals surface area (Å²) in [6.45, 7) is 1.55. The lowest BCUT2D eigenvalue weighted by Crippen LogP contribution is -2.00. The van der Waals surface area contributed by atoms with E-state index in [1.54, 1.807) is 6.92 Å². The maximum Gasteiger partial charge on any atom is 0.302 e. The van der Waals surface area contributed by atoms with Gasteiger partial charge in [0.15, 0.2) is 12.0 Å². The molecule has 0 saturated carbocycles. The van der Waals surface area contributed by atoms with Crippen molar-refractivity contribution in [2.75, 3.05) is 0 Å². The Bertz CT molecular complexity index is 378. The van der Waals surface area contributed by atoms with Crippen LogP contribution in [0.15, 0.2) is 10.7 Å². The molecule has 13 heavy (non-hydrogen) atoms. The van der Waals surface area contributed by atoms with Crippen molar-refractivity contribution in [3.8, 4) is 0 Å². The van der Waals surface area contributed by atoms with Gasteiger partial charge in [0.25, 0.3) is 0 Å². The summed E-state index contributed by atoms with van der Waals surface area (Å²) >= 11 is 3.09. The molecule has 0 atom stereocenters. The molecule has 0 N–H and O–H groups in total. The van der Waals surface area contributed by atoms with Gasteiger partial charge in [0.2, 0.25) is 0 Å². The minimum Gasteiger partial charge on any atom is -0.296 e. The third kappa shape index (κ3) is 1.72. The van der Waals surface area contributed by atoms with E-state index in [4.69, 9.17) is 0 Å². The Labute approximate surface area is 82.1 Å². The van der Waals surface area contributed by atoms with Crippen molar-refractivity contribution in [3.63, 3.8) is 0 Å². The third-order valence-electron chi connectivity index (χ3n) is 1.57. The van der Waals surface area contributed by atoms with Crippen LogP contribution >= 0.6 is 15.9 Å². The van der Waals surface area contributed by atoms with Crippen LogP contribution in [0.25, 0.3) is 0 Å². The number of carbonyl (C=O) groups excluding carboxylic acids is 1. The molecule has 0 unspecified atom stereocenters. The molecule has 0 aliphatic heterocycles. The lowest BCUT2D eigenvalue weighted by atomic mass is 10.2. The standard InChI is InChI=1S/C7H5BrN2O3/c1-4-5(8)2-9-6(3-11)7(4)10(12)13/h2-3H,1H3. The van der Waals surface area contributed by atoms with Crippen LogP contribution in [0.2, 0.25) is 0 Å². The van der Waals surface area contributed by atoms with Gasteiger partial charge in [0.05, 0.1) is 4.92 Å². The highest BCUT2D eigenvalue weighted by Crippen LogP contribution is 2.26. The van der Waals surface area contributed by atoms with Crippen molar-refractivity contribution < 1.29 is 9.72 Å². The largest absolute Gasteiger partial charge is 0.302 e. The Morgan fingerprint density at radius 1 is 1.69 bits per heavy atom. The zero-order valence-corrected chi connectivity index (χ0v) is 8.24. The SMILES string of the molecule is Cc1c(Br)cnc(C=O)c1[N+](=O)[O-]. The van der Waals surface area contributed by atoms with Crippen LogP contribution < -0.4 is 0 Å². The van der Waals surface area contributed by atoms with Crippen molar-refractivity contribution in [1.82, 2.24) is 4.98 Å². The molecule has 68 valence electrons. The van der Waals surface area contributed by atoms with Gasteiger partial charge in [0.1, 0.15) is 0 Å². The second-order valence-electron chi connectivity index (χ2n) is 2.34. The maximum atomic E-state index is 10.5. The summed E-state index contributed by atoms with van der Waals surface area (Å²) in [5, 5.41) is 10.5. The predicted octanol–water partition coefficient (Wildman–Crippen LogP) is 1.87. The fraction of sp³-hybridized carbons (Fsp3) is 0.143. The lowest BCUT2D eigenvalue weighted by molar-refractivity contribution is -0.386. The van der Waals surface area contributed by atoms with Gasteiger partial charge in [-0.15, -0.1) is 0 Å². The Morgan fingerprint density at radius 3 is 2.77 bits per heavy atom. The summed E-state index contributed by atoms with van der Waals surface area (Å²) in [5.74, 6) is 0. The number of aromatic nitrogens is 1. The topological polar surface area (TPSA) is 73.1 Å². The van der Waals surface area contributed by atoms with Gasteiger partial charge in [-0.05, 0) is 22.9 Å². The van der Waals surface area contributed by atoms with Gasteiger partial charge in [0, 0.05) is 16.2 Å². The zero-order chi connectivity index (χ0) is 10.0. The summed E-state index contributed by atoms with van der Waals surface area (Å²) in [6, 6.07) is 0. The molecule has 5 nitrogen and oxygen atoms in total. The molecule has 0 radical (unpaired) electrons. The van der Waals surface area contributed by atoms with E-state index in [0.29, 0.717) is 16.3 Å². The van der Waals surface area contributed by atoms with Gasteiger partial charge in [-0.25, -0.2) is 4.98 Å². The average Bonchev–Trinajstić information content (AvgIpc) is 2.08. The maximum absolute atomic E-state index is 10.5. The number of hydrogen-bond donors (Lipinski definition) is 0. The summed E-state index contributed by atoms with van der Waals surface area (Å²) in [5.41, 5.74) is 0.0113. The quantitative estimate of drug-likeness (QED) is 0.453. The van der Waals surface area contributed by atoms with Crippen LogP contribution in [-0.4, -0.2) is 16.2 Å². The Hall–Kier alpha value is -1.30. The van der Waals surface area contributed by atoms with Gasteiger partial charge in [-0.3, -0.25) is 14.9 Å². The number of hydrogen-bond acceptors (Lipinski definition) is 4. The summed E-state index contributed by atoms with van der Waals surface area (Å²) < 4.78 is 0.518. The Morgan fingerprint density at radius 2 is 2.31 bits per heavy atom. The summed E-state index contributed by atoms with van der Waals surface area (Å²) in [4.78, 5) is 24.0. The van der Waals surface area contributed by atoms with E-state index in [1.807, 2.05) is 0 Å². The fourth-order valence-electron chi connectivity index (χ4n) is 0.906. The molecule has 0 saturated heterocycles. The number of nitro groups is 1. The van der Waals surface area contributed by atoms with Crippen molar-refractivity contribution in [2.24, 2.45) is 0 Å². The first-order valence-electron chi connectivity index (χ1n) is 3.32. The number of halogens is 1. The molecule has 0 spiro atoms. The van der Waals surface area contributed by atoms with Crippen molar-refractivity contribution in [3.05, 3.63) is 32.0 Å². The van der Waals surface area contributed by atoms with Crippen molar-refractivity contribution in [1.29, 1.82) is 0 Å². The van der Waals surface area contributed by atoms with Gasteiger partial charge >= 0.3 is 5.69 Å². The second-order valence-corrected chi connectivity index (χ2v) is 3.19. The van der Waals surface area contributed by atoms with Gasteiger partial charge < -0.3 is 0 Å². The molecule has 0 aromatic carbocycles. The fourth-order valence-corrected chi connectivity index (χ4v) is 1.20. The third-order valence-corrected chi connectivity index (χ3v) is 2.37. The molecule has 0 bridgehead atoms. The molecule has 1 aromatic heterocycles. The average molecular weight is 245 g/mol. The van der Waals surface area contributed by atoms with Crippen LogP contribution in [0, 0.1) is 17.0 Å². The molecular weight excluding hydrogens is 240 g/mol. The Balaban J connectivity index is 3.50. The zero-order valence-electron chi connectivity index (χ0n) is 6.65. The molecule has 1 aromatic rings. The molecule has 0 aliphatic carbocycles. The number of aldehydes is 1. The minimum absolute atomic E-state index is 0.147. The minimum atomic E-state index is -0.614. The Kier molecular flexibility index (Phi) is 2.72. The highest BCUT2D eigenvalue weighted by atomic mass is 79.9. The molecule has 1 rings (SSSR count). The van der Waals surface area contributed by atoms with Crippen LogP contribution in [0.5, 0.6) is 0 Å². The highest BCUT2D eigenvalue weighted by Gasteiger charge is 2.19. The summed E-state index contributed by atoms with van der Waals surface area (Å²) in [6.07, 6.45) is 1.74. The van der Waals surface area contributed by atoms with E-state index in [-0.39, 0.29) is 11.4 Å². The van der Waals surface area contributed by atoms with E-state index >= 15 is 0 Å². The van der Waals surface area contributed by atoms with Crippen molar-refractivity contribution >= 4 is 27.9 Å². The number of pyridine rings is 1. The van der Waals surface area contributed by atoms with E-state index in [0.717, 1.165) is 0 Å². The molecule has 0 aliphatic rings. The lowest BCUT2D eigenvalue weighted by Gasteiger charge is -2.00. The molecule has 6 heteroatoms. The predicted molar refractivity (Wildman–Crippen MR) is 48.7 cm³/mol. The summed E-state index contributed by atoms with van der Waals surface area (Å²) in [7, 11) is 0.